The fourth-order valence-electron chi connectivity index (χ4n) is 2.83. The smallest absolute Gasteiger partial charge is 0.299 e. The van der Waals surface area contributed by atoms with Crippen LogP contribution in [0.3, 0.4) is 0 Å². The molecule has 4 heteroatoms. The summed E-state index contributed by atoms with van der Waals surface area (Å²) in [6.07, 6.45) is -2.70. The fourth-order valence-corrected chi connectivity index (χ4v) is 2.83. The third-order valence-corrected chi connectivity index (χ3v) is 4.09. The summed E-state index contributed by atoms with van der Waals surface area (Å²) in [7, 11) is 0. The van der Waals surface area contributed by atoms with Crippen LogP contribution < -0.4 is 0 Å². The Labute approximate surface area is 117 Å². The van der Waals surface area contributed by atoms with E-state index in [0.717, 1.165) is 11.1 Å². The van der Waals surface area contributed by atoms with Gasteiger partial charge < -0.3 is 0 Å². The van der Waals surface area contributed by atoms with E-state index in [1.165, 1.54) is 0 Å². The molecule has 0 aliphatic heterocycles. The van der Waals surface area contributed by atoms with Gasteiger partial charge in [0, 0.05) is 12.3 Å². The van der Waals surface area contributed by atoms with Gasteiger partial charge in [0.1, 0.15) is 5.78 Å². The minimum atomic E-state index is -4.16. The van der Waals surface area contributed by atoms with E-state index >= 15 is 0 Å². The number of halogens is 3. The van der Waals surface area contributed by atoms with Crippen molar-refractivity contribution in [3.8, 4) is 0 Å². The Balaban J connectivity index is 1.97. The van der Waals surface area contributed by atoms with Crippen LogP contribution in [0.2, 0.25) is 0 Å². The number of carbonyl (C=O) groups is 1. The zero-order chi connectivity index (χ0) is 14.8. The highest BCUT2D eigenvalue weighted by molar-refractivity contribution is 5.83. The molecule has 1 fully saturated rings. The van der Waals surface area contributed by atoms with E-state index in [1.807, 2.05) is 31.2 Å². The largest absolute Gasteiger partial charge is 0.391 e. The minimum Gasteiger partial charge on any atom is -0.299 e. The highest BCUT2D eigenvalue weighted by atomic mass is 19.4. The average Bonchev–Trinajstić information content (AvgIpc) is 2.40. The lowest BCUT2D eigenvalue weighted by molar-refractivity contribution is -0.186. The van der Waals surface area contributed by atoms with E-state index < -0.39 is 18.0 Å². The molecule has 0 aromatic heterocycles. The first kappa shape index (κ1) is 15.1. The van der Waals surface area contributed by atoms with Crippen LogP contribution in [-0.4, -0.2) is 12.0 Å². The van der Waals surface area contributed by atoms with Crippen molar-refractivity contribution >= 4 is 5.78 Å². The lowest BCUT2D eigenvalue weighted by atomic mass is 9.78. The summed E-state index contributed by atoms with van der Waals surface area (Å²) in [6.45, 7) is 1.96. The van der Waals surface area contributed by atoms with E-state index in [9.17, 15) is 18.0 Å². The lowest BCUT2D eigenvalue weighted by Crippen LogP contribution is -2.32. The first-order valence-electron chi connectivity index (χ1n) is 7.01. The Morgan fingerprint density at radius 1 is 1.20 bits per heavy atom. The van der Waals surface area contributed by atoms with E-state index in [4.69, 9.17) is 0 Å². The summed E-state index contributed by atoms with van der Waals surface area (Å²) < 4.78 is 38.2. The van der Waals surface area contributed by atoms with Gasteiger partial charge in [-0.2, -0.15) is 13.2 Å². The van der Waals surface area contributed by atoms with Crippen molar-refractivity contribution in [2.75, 3.05) is 0 Å². The number of Topliss-reactive ketones (excluding diaryl/α,β-unsaturated/α-hetero) is 1. The number of carbonyl (C=O) groups excluding carboxylic acids is 1. The Morgan fingerprint density at radius 2 is 1.85 bits per heavy atom. The second kappa shape index (κ2) is 5.98. The van der Waals surface area contributed by atoms with Gasteiger partial charge in [0.2, 0.25) is 0 Å². The van der Waals surface area contributed by atoms with Crippen LogP contribution in [0.1, 0.15) is 36.8 Å². The summed E-state index contributed by atoms with van der Waals surface area (Å²) >= 11 is 0. The Hall–Kier alpha value is -1.32. The summed E-state index contributed by atoms with van der Waals surface area (Å²) in [4.78, 5) is 12.2. The van der Waals surface area contributed by atoms with Crippen LogP contribution in [-0.2, 0) is 11.2 Å². The molecule has 0 radical (unpaired) electrons. The first-order chi connectivity index (χ1) is 9.36. The van der Waals surface area contributed by atoms with Crippen LogP contribution in [0.15, 0.2) is 24.3 Å². The van der Waals surface area contributed by atoms with E-state index in [2.05, 4.69) is 0 Å². The molecular formula is C16H19F3O. The van der Waals surface area contributed by atoms with Crippen LogP contribution in [0, 0.1) is 18.8 Å². The number of hydrogen-bond donors (Lipinski definition) is 0. The van der Waals surface area contributed by atoms with Gasteiger partial charge in [-0.3, -0.25) is 4.79 Å². The Kier molecular flexibility index (Phi) is 4.51. The molecule has 2 atom stereocenters. The summed E-state index contributed by atoms with van der Waals surface area (Å²) in [5, 5.41) is 0. The van der Waals surface area contributed by atoms with Crippen LogP contribution in [0.4, 0.5) is 13.2 Å². The molecule has 2 rings (SSSR count). The molecule has 0 N–H and O–H groups in total. The molecule has 0 saturated heterocycles. The molecule has 0 amide bonds. The third kappa shape index (κ3) is 3.84. The number of aryl methyl sites for hydroxylation is 1. The monoisotopic (exact) mass is 284 g/mol. The first-order valence-corrected chi connectivity index (χ1v) is 7.01. The zero-order valence-corrected chi connectivity index (χ0v) is 11.5. The van der Waals surface area contributed by atoms with Crippen LogP contribution in [0.25, 0.3) is 0 Å². The second-order valence-electron chi connectivity index (χ2n) is 5.73. The third-order valence-electron chi connectivity index (χ3n) is 4.09. The number of hydrogen-bond acceptors (Lipinski definition) is 1. The van der Waals surface area contributed by atoms with Gasteiger partial charge in [-0.05, 0) is 31.7 Å². The van der Waals surface area contributed by atoms with E-state index in [0.29, 0.717) is 12.8 Å². The molecule has 1 nitrogen and oxygen atoms in total. The molecule has 1 aromatic rings. The van der Waals surface area contributed by atoms with Gasteiger partial charge in [-0.25, -0.2) is 0 Å². The predicted octanol–water partition coefficient (Wildman–Crippen LogP) is 4.48. The van der Waals surface area contributed by atoms with Crippen LogP contribution >= 0.6 is 0 Å². The molecule has 1 aliphatic rings. The highest BCUT2D eigenvalue weighted by Gasteiger charge is 2.43. The van der Waals surface area contributed by atoms with Crippen molar-refractivity contribution < 1.29 is 18.0 Å². The van der Waals surface area contributed by atoms with Crippen molar-refractivity contribution in [3.63, 3.8) is 0 Å². The normalized spacial score (nSPS) is 23.6. The molecule has 0 spiro atoms. The van der Waals surface area contributed by atoms with Crippen molar-refractivity contribution in [3.05, 3.63) is 35.4 Å². The number of rotatable bonds is 3. The highest BCUT2D eigenvalue weighted by Crippen LogP contribution is 2.40. The molecule has 1 saturated carbocycles. The molecule has 20 heavy (non-hydrogen) atoms. The summed E-state index contributed by atoms with van der Waals surface area (Å²) in [5.74, 6) is -1.79. The predicted molar refractivity (Wildman–Crippen MR) is 71.4 cm³/mol. The van der Waals surface area contributed by atoms with Gasteiger partial charge in [0.05, 0.1) is 5.92 Å². The van der Waals surface area contributed by atoms with E-state index in [-0.39, 0.29) is 25.0 Å². The topological polar surface area (TPSA) is 17.1 Å². The molecule has 110 valence electrons. The number of ketones is 1. The van der Waals surface area contributed by atoms with E-state index in [1.54, 1.807) is 0 Å². The van der Waals surface area contributed by atoms with Gasteiger partial charge in [0.15, 0.2) is 0 Å². The Bertz CT molecular complexity index is 462. The van der Waals surface area contributed by atoms with Crippen LogP contribution in [0.5, 0.6) is 0 Å². The number of benzene rings is 1. The van der Waals surface area contributed by atoms with Gasteiger partial charge in [-0.15, -0.1) is 0 Å². The zero-order valence-electron chi connectivity index (χ0n) is 11.5. The lowest BCUT2D eigenvalue weighted by Gasteiger charge is -2.29. The molecule has 1 aliphatic carbocycles. The SMILES string of the molecule is Cc1ccc(CC(=O)C2CCCC(C(F)(F)F)C2)cc1. The molecule has 0 bridgehead atoms. The summed E-state index contributed by atoms with van der Waals surface area (Å²) in [6, 6.07) is 7.58. The maximum Gasteiger partial charge on any atom is 0.391 e. The maximum atomic E-state index is 12.7. The standard InChI is InChI=1S/C16H19F3O/c1-11-5-7-12(8-6-11)9-15(20)13-3-2-4-14(10-13)16(17,18)19/h5-8,13-14H,2-4,9-10H2,1H3. The minimum absolute atomic E-state index is 0.0335. The molecule has 1 aromatic carbocycles. The number of alkyl halides is 3. The van der Waals surface area contributed by atoms with Crippen molar-refractivity contribution in [1.29, 1.82) is 0 Å². The van der Waals surface area contributed by atoms with Crippen molar-refractivity contribution in [2.24, 2.45) is 11.8 Å². The molecule has 0 heterocycles. The van der Waals surface area contributed by atoms with Gasteiger partial charge >= 0.3 is 6.18 Å². The fraction of sp³-hybridized carbons (Fsp3) is 0.562. The Morgan fingerprint density at radius 3 is 2.45 bits per heavy atom. The van der Waals surface area contributed by atoms with Gasteiger partial charge in [-0.1, -0.05) is 36.2 Å². The quantitative estimate of drug-likeness (QED) is 0.800. The van der Waals surface area contributed by atoms with Crippen molar-refractivity contribution in [1.82, 2.24) is 0 Å². The second-order valence-corrected chi connectivity index (χ2v) is 5.73. The van der Waals surface area contributed by atoms with Crippen molar-refractivity contribution in [2.45, 2.75) is 45.2 Å². The summed E-state index contributed by atoms with van der Waals surface area (Å²) in [5.41, 5.74) is 1.99. The average molecular weight is 284 g/mol. The molecular weight excluding hydrogens is 265 g/mol. The maximum absolute atomic E-state index is 12.7. The molecule has 2 unspecified atom stereocenters. The van der Waals surface area contributed by atoms with Gasteiger partial charge in [0.25, 0.3) is 0 Å².